The minimum Gasteiger partial charge on any atom is -0.494 e. The Morgan fingerprint density at radius 2 is 1.62 bits per heavy atom. The maximum absolute atomic E-state index is 14.7. The van der Waals surface area contributed by atoms with E-state index in [0.717, 1.165) is 36.1 Å². The Kier molecular flexibility index (Phi) is 8.92. The second-order valence-electron chi connectivity index (χ2n) is 9.46. The van der Waals surface area contributed by atoms with E-state index in [1.54, 1.807) is 19.1 Å². The van der Waals surface area contributed by atoms with Crippen LogP contribution < -0.4 is 15.4 Å². The summed E-state index contributed by atoms with van der Waals surface area (Å²) in [6.45, 7) is 1.43. The lowest BCUT2D eigenvalue weighted by atomic mass is 9.77. The number of amides is 2. The van der Waals surface area contributed by atoms with Crippen molar-refractivity contribution in [3.63, 3.8) is 0 Å². The van der Waals surface area contributed by atoms with Crippen LogP contribution in [0.4, 0.5) is 26.3 Å². The summed E-state index contributed by atoms with van der Waals surface area (Å²) in [5, 5.41) is 4.11. The first-order chi connectivity index (χ1) is 18.4. The van der Waals surface area contributed by atoms with Gasteiger partial charge in [-0.3, -0.25) is 9.59 Å². The van der Waals surface area contributed by atoms with Crippen LogP contribution in [0.25, 0.3) is 5.57 Å². The molecule has 2 amide bonds. The van der Waals surface area contributed by atoms with Gasteiger partial charge in [-0.05, 0) is 42.2 Å². The van der Waals surface area contributed by atoms with E-state index in [2.05, 4.69) is 5.32 Å². The van der Waals surface area contributed by atoms with Gasteiger partial charge >= 0.3 is 12.4 Å². The molecule has 218 valence electrons. The Balaban J connectivity index is 2.01. The highest BCUT2D eigenvalue weighted by atomic mass is 32.2. The van der Waals surface area contributed by atoms with Gasteiger partial charge in [0.25, 0.3) is 5.91 Å². The second-order valence-corrected chi connectivity index (χ2v) is 11.6. The zero-order chi connectivity index (χ0) is 29.9. The minimum absolute atomic E-state index is 0.0356. The molecule has 14 heteroatoms. The van der Waals surface area contributed by atoms with Crippen molar-refractivity contribution in [1.29, 1.82) is 0 Å². The van der Waals surface area contributed by atoms with E-state index in [1.165, 1.54) is 12.1 Å². The maximum Gasteiger partial charge on any atom is 0.416 e. The van der Waals surface area contributed by atoms with Crippen LogP contribution in [0.2, 0.25) is 0 Å². The molecule has 1 aliphatic heterocycles. The van der Waals surface area contributed by atoms with Crippen molar-refractivity contribution < 1.29 is 49.1 Å². The van der Waals surface area contributed by atoms with Crippen molar-refractivity contribution in [1.82, 2.24) is 10.6 Å². The molecule has 0 spiro atoms. The number of sulfone groups is 1. The zero-order valence-corrected chi connectivity index (χ0v) is 22.2. The molecule has 1 aliphatic rings. The summed E-state index contributed by atoms with van der Waals surface area (Å²) in [5.41, 5.74) is -3.04. The number of benzene rings is 2. The highest BCUT2D eigenvalue weighted by Gasteiger charge is 2.59. The van der Waals surface area contributed by atoms with E-state index in [-0.39, 0.29) is 35.5 Å². The van der Waals surface area contributed by atoms with Gasteiger partial charge in [0.05, 0.1) is 6.61 Å². The number of carbonyl (C=O) groups is 2. The van der Waals surface area contributed by atoms with Gasteiger partial charge in [-0.2, -0.15) is 26.3 Å². The van der Waals surface area contributed by atoms with Crippen molar-refractivity contribution >= 4 is 27.2 Å². The largest absolute Gasteiger partial charge is 0.494 e. The van der Waals surface area contributed by atoms with Gasteiger partial charge in [0, 0.05) is 19.1 Å². The third-order valence-corrected chi connectivity index (χ3v) is 6.85. The summed E-state index contributed by atoms with van der Waals surface area (Å²) < 4.78 is 109. The second kappa shape index (κ2) is 11.5. The lowest BCUT2D eigenvalue weighted by Gasteiger charge is -2.41. The fourth-order valence-corrected chi connectivity index (χ4v) is 4.69. The van der Waals surface area contributed by atoms with Crippen LogP contribution in [-0.2, 0) is 25.0 Å². The van der Waals surface area contributed by atoms with Crippen molar-refractivity contribution in [3.8, 4) is 5.75 Å². The third kappa shape index (κ3) is 7.77. The normalized spacial score (nSPS) is 18.4. The summed E-state index contributed by atoms with van der Waals surface area (Å²) >= 11 is 0. The predicted molar refractivity (Wildman–Crippen MR) is 134 cm³/mol. The standard InChI is InChI=1S/C26H26F6N2O5S/c1-16-4-6-17(7-5-16)20-14-24(26(30,31)32,34-23(36)22(20)33-21(35)15-40(2,37)38)18-8-10-19(11-9-18)39-13-3-12-25(27,28)29/h4-11H,3,12-15H2,1-2H3,(H,33,35)(H,34,36). The van der Waals surface area contributed by atoms with Gasteiger partial charge < -0.3 is 15.4 Å². The molecular weight excluding hydrogens is 566 g/mol. The predicted octanol–water partition coefficient (Wildman–Crippen LogP) is 4.57. The van der Waals surface area contributed by atoms with Crippen molar-refractivity contribution in [2.45, 2.75) is 44.1 Å². The topological polar surface area (TPSA) is 102 Å². The minimum atomic E-state index is -5.05. The number of hydrogen-bond acceptors (Lipinski definition) is 5. The molecule has 7 nitrogen and oxygen atoms in total. The smallest absolute Gasteiger partial charge is 0.416 e. The molecule has 2 aromatic carbocycles. The molecule has 1 heterocycles. The van der Waals surface area contributed by atoms with Crippen molar-refractivity contribution in [3.05, 3.63) is 70.9 Å². The number of carbonyl (C=O) groups excluding carboxylic acids is 2. The van der Waals surface area contributed by atoms with E-state index in [0.29, 0.717) is 0 Å². The first-order valence-corrected chi connectivity index (χ1v) is 13.9. The maximum atomic E-state index is 14.7. The Morgan fingerprint density at radius 3 is 2.15 bits per heavy atom. The number of rotatable bonds is 9. The van der Waals surface area contributed by atoms with E-state index >= 15 is 0 Å². The average Bonchev–Trinajstić information content (AvgIpc) is 2.81. The van der Waals surface area contributed by atoms with E-state index in [4.69, 9.17) is 4.74 Å². The van der Waals surface area contributed by atoms with E-state index < -0.39 is 63.8 Å². The molecule has 1 unspecified atom stereocenters. The quantitative estimate of drug-likeness (QED) is 0.328. The summed E-state index contributed by atoms with van der Waals surface area (Å²) in [4.78, 5) is 25.5. The molecule has 0 saturated heterocycles. The molecule has 0 aromatic heterocycles. The highest BCUT2D eigenvalue weighted by molar-refractivity contribution is 7.91. The molecule has 0 saturated carbocycles. The van der Waals surface area contributed by atoms with Gasteiger partial charge in [0.1, 0.15) is 17.2 Å². The van der Waals surface area contributed by atoms with Crippen LogP contribution in [0.1, 0.15) is 36.0 Å². The van der Waals surface area contributed by atoms with Crippen LogP contribution in [-0.4, -0.2) is 51.2 Å². The Morgan fingerprint density at radius 1 is 1.02 bits per heavy atom. The molecule has 2 aromatic rings. The molecule has 0 radical (unpaired) electrons. The number of aryl methyl sites for hydroxylation is 1. The van der Waals surface area contributed by atoms with Gasteiger partial charge in [-0.1, -0.05) is 42.0 Å². The summed E-state index contributed by atoms with van der Waals surface area (Å²) in [6, 6.07) is 10.6. The highest BCUT2D eigenvalue weighted by Crippen LogP contribution is 2.48. The van der Waals surface area contributed by atoms with Crippen LogP contribution in [0.3, 0.4) is 0 Å². The van der Waals surface area contributed by atoms with Crippen molar-refractivity contribution in [2.75, 3.05) is 18.6 Å². The monoisotopic (exact) mass is 592 g/mol. The first-order valence-electron chi connectivity index (χ1n) is 11.9. The van der Waals surface area contributed by atoms with Gasteiger partial charge in [0.2, 0.25) is 5.91 Å². The van der Waals surface area contributed by atoms with Crippen LogP contribution >= 0.6 is 0 Å². The van der Waals surface area contributed by atoms with Gasteiger partial charge in [-0.15, -0.1) is 0 Å². The van der Waals surface area contributed by atoms with Crippen LogP contribution in [0.5, 0.6) is 5.75 Å². The summed E-state index contributed by atoms with van der Waals surface area (Å²) in [7, 11) is -3.80. The molecule has 0 bridgehead atoms. The summed E-state index contributed by atoms with van der Waals surface area (Å²) in [6.07, 6.45) is -10.9. The zero-order valence-electron chi connectivity index (χ0n) is 21.4. The fourth-order valence-electron chi connectivity index (χ4n) is 4.15. The van der Waals surface area contributed by atoms with Gasteiger partial charge in [0.15, 0.2) is 15.4 Å². The lowest BCUT2D eigenvalue weighted by molar-refractivity contribution is -0.201. The molecule has 0 fully saturated rings. The van der Waals surface area contributed by atoms with Gasteiger partial charge in [-0.25, -0.2) is 8.42 Å². The SMILES string of the molecule is Cc1ccc(C2=C(NC(=O)CS(C)(=O)=O)C(=O)NC(c3ccc(OCCCC(F)(F)F)cc3)(C(F)(F)F)C2)cc1. The Hall–Kier alpha value is -3.55. The number of hydrogen-bond donors (Lipinski definition) is 2. The number of halogens is 6. The molecule has 2 N–H and O–H groups in total. The molecular formula is C26H26F6N2O5S. The molecule has 40 heavy (non-hydrogen) atoms. The Labute approximate surface area is 226 Å². The number of ether oxygens (including phenoxy) is 1. The molecule has 3 rings (SSSR count). The average molecular weight is 593 g/mol. The fraction of sp³-hybridized carbons (Fsp3) is 0.385. The molecule has 1 atom stereocenters. The lowest BCUT2D eigenvalue weighted by Crippen LogP contribution is -2.60. The summed E-state index contributed by atoms with van der Waals surface area (Å²) in [5.74, 6) is -3.33. The number of nitrogens with one attached hydrogen (secondary N) is 2. The molecule has 0 aliphatic carbocycles. The first kappa shape index (κ1) is 31.0. The van der Waals surface area contributed by atoms with Crippen molar-refractivity contribution in [2.24, 2.45) is 0 Å². The Bertz CT molecular complexity index is 1380. The third-order valence-electron chi connectivity index (χ3n) is 6.06. The van der Waals surface area contributed by atoms with Crippen LogP contribution in [0.15, 0.2) is 54.2 Å². The van der Waals surface area contributed by atoms with E-state index in [9.17, 15) is 44.3 Å². The van der Waals surface area contributed by atoms with E-state index in [1.807, 2.05) is 5.32 Å². The van der Waals surface area contributed by atoms with Crippen LogP contribution in [0, 0.1) is 6.92 Å². The number of alkyl halides is 6.